The van der Waals surface area contributed by atoms with Crippen LogP contribution in [0.5, 0.6) is 0 Å². The number of aromatic nitrogens is 4. The molecule has 4 heterocycles. The smallest absolute Gasteiger partial charge is 0.264 e. The Morgan fingerprint density at radius 1 is 1.07 bits per heavy atom. The molecule has 5 rings (SSSR count). The third-order valence-corrected chi connectivity index (χ3v) is 6.81. The predicted octanol–water partition coefficient (Wildman–Crippen LogP) is 4.46. The minimum Gasteiger partial charge on any atom is -0.356 e. The van der Waals surface area contributed by atoms with Gasteiger partial charge in [0, 0.05) is 48.0 Å². The van der Waals surface area contributed by atoms with E-state index in [0.717, 1.165) is 54.8 Å². The minimum atomic E-state index is -3.51. The molecule has 4 aromatic rings. The van der Waals surface area contributed by atoms with E-state index in [2.05, 4.69) is 27.0 Å². The van der Waals surface area contributed by atoms with Crippen LogP contribution in [0.25, 0.3) is 11.3 Å². The fourth-order valence-electron chi connectivity index (χ4n) is 4.23. The maximum atomic E-state index is 11.1. The highest BCUT2D eigenvalue weighted by molar-refractivity contribution is 7.85. The summed E-state index contributed by atoms with van der Waals surface area (Å²) in [5.74, 6) is 7.63. The Morgan fingerprint density at radius 2 is 1.88 bits per heavy atom. The molecule has 3 aromatic heterocycles. The van der Waals surface area contributed by atoms with Crippen molar-refractivity contribution in [2.75, 3.05) is 12.9 Å². The van der Waals surface area contributed by atoms with Gasteiger partial charge in [-0.1, -0.05) is 17.0 Å². The molecule has 1 fully saturated rings. The molecule has 0 N–H and O–H groups in total. The van der Waals surface area contributed by atoms with Gasteiger partial charge < -0.3 is 18.6 Å². The first-order valence-electron chi connectivity index (χ1n) is 13.0. The number of imidazole rings is 1. The van der Waals surface area contributed by atoms with Crippen molar-refractivity contribution in [3.63, 3.8) is 0 Å². The number of hydrogen-bond donors (Lipinski definition) is 0. The van der Waals surface area contributed by atoms with Gasteiger partial charge in [0.2, 0.25) is 0 Å². The highest BCUT2D eigenvalue weighted by Crippen LogP contribution is 2.25. The van der Waals surface area contributed by atoms with Crippen LogP contribution in [0.3, 0.4) is 0 Å². The Labute approximate surface area is 233 Å². The van der Waals surface area contributed by atoms with Crippen LogP contribution >= 0.6 is 0 Å². The lowest BCUT2D eigenvalue weighted by atomic mass is 10.1. The van der Waals surface area contributed by atoms with Gasteiger partial charge in [-0.3, -0.25) is 9.17 Å². The van der Waals surface area contributed by atoms with Crippen LogP contribution in [0.2, 0.25) is 0 Å². The van der Waals surface area contributed by atoms with Crippen molar-refractivity contribution >= 4 is 10.1 Å². The highest BCUT2D eigenvalue weighted by Gasteiger charge is 2.21. The number of hydrogen-bond acceptors (Lipinski definition) is 9. The molecule has 0 bridgehead atoms. The molecule has 40 heavy (non-hydrogen) atoms. The van der Waals surface area contributed by atoms with Gasteiger partial charge in [-0.15, -0.1) is 0 Å². The van der Waals surface area contributed by atoms with Crippen LogP contribution in [-0.4, -0.2) is 47.3 Å². The second-order valence-corrected chi connectivity index (χ2v) is 11.1. The zero-order chi connectivity index (χ0) is 28.0. The van der Waals surface area contributed by atoms with Gasteiger partial charge in [-0.2, -0.15) is 8.42 Å². The third-order valence-electron chi connectivity index (χ3n) is 6.26. The van der Waals surface area contributed by atoms with E-state index < -0.39 is 10.1 Å². The number of nitrogens with zero attached hydrogens (tertiary/aromatic N) is 4. The molecule has 2 atom stereocenters. The van der Waals surface area contributed by atoms with Crippen LogP contribution < -0.4 is 0 Å². The summed E-state index contributed by atoms with van der Waals surface area (Å²) < 4.78 is 46.4. The van der Waals surface area contributed by atoms with Crippen molar-refractivity contribution < 1.29 is 26.6 Å². The summed E-state index contributed by atoms with van der Waals surface area (Å²) in [6, 6.07) is 13.1. The molecule has 11 heteroatoms. The summed E-state index contributed by atoms with van der Waals surface area (Å²) in [6.45, 7) is 3.12. The van der Waals surface area contributed by atoms with Crippen molar-refractivity contribution in [2.45, 2.75) is 51.7 Å². The zero-order valence-electron chi connectivity index (χ0n) is 22.3. The number of rotatable bonds is 9. The Morgan fingerprint density at radius 3 is 2.60 bits per heavy atom. The van der Waals surface area contributed by atoms with E-state index in [1.54, 1.807) is 24.5 Å². The van der Waals surface area contributed by atoms with Crippen LogP contribution in [-0.2, 0) is 36.9 Å². The Kier molecular flexibility index (Phi) is 8.72. The summed E-state index contributed by atoms with van der Waals surface area (Å²) in [7, 11) is -3.51. The number of benzene rings is 1. The lowest BCUT2D eigenvalue weighted by Crippen LogP contribution is -2.24. The lowest BCUT2D eigenvalue weighted by molar-refractivity contribution is -0.188. The molecule has 0 saturated carbocycles. The molecule has 1 unspecified atom stereocenters. The molecule has 0 radical (unpaired) electrons. The maximum absolute atomic E-state index is 11.1. The van der Waals surface area contributed by atoms with Crippen LogP contribution in [0, 0.1) is 11.8 Å². The normalized spacial score (nSPS) is 16.3. The maximum Gasteiger partial charge on any atom is 0.264 e. The van der Waals surface area contributed by atoms with E-state index in [9.17, 15) is 8.42 Å². The Balaban J connectivity index is 1.18. The van der Waals surface area contributed by atoms with Crippen molar-refractivity contribution in [1.29, 1.82) is 0 Å². The van der Waals surface area contributed by atoms with E-state index in [0.29, 0.717) is 23.6 Å². The average Bonchev–Trinajstić information content (AvgIpc) is 3.62. The Hall–Kier alpha value is -3.82. The van der Waals surface area contributed by atoms with Crippen molar-refractivity contribution in [3.05, 3.63) is 89.4 Å². The molecular formula is C29H30N4O6S. The van der Waals surface area contributed by atoms with Gasteiger partial charge in [-0.05, 0) is 62.6 Å². The zero-order valence-corrected chi connectivity index (χ0v) is 23.1. The van der Waals surface area contributed by atoms with Crippen molar-refractivity contribution in [3.8, 4) is 23.2 Å². The van der Waals surface area contributed by atoms with E-state index in [-0.39, 0.29) is 19.0 Å². The molecule has 1 saturated heterocycles. The van der Waals surface area contributed by atoms with Gasteiger partial charge in [0.15, 0.2) is 12.1 Å². The Bertz CT molecular complexity index is 1580. The van der Waals surface area contributed by atoms with Gasteiger partial charge >= 0.3 is 0 Å². The van der Waals surface area contributed by atoms with Crippen molar-refractivity contribution in [1.82, 2.24) is 19.7 Å². The highest BCUT2D eigenvalue weighted by atomic mass is 32.2. The molecule has 10 nitrogen and oxygen atoms in total. The summed E-state index contributed by atoms with van der Waals surface area (Å²) in [6.07, 6.45) is 8.94. The van der Waals surface area contributed by atoms with Crippen LogP contribution in [0.4, 0.5) is 0 Å². The molecule has 208 valence electrons. The molecule has 0 aliphatic carbocycles. The van der Waals surface area contributed by atoms with Crippen molar-refractivity contribution in [2.24, 2.45) is 0 Å². The molecule has 1 aromatic carbocycles. The monoisotopic (exact) mass is 562 g/mol. The van der Waals surface area contributed by atoms with Gasteiger partial charge in [0.05, 0.1) is 18.5 Å². The molecular weight excluding hydrogens is 532 g/mol. The van der Waals surface area contributed by atoms with E-state index in [1.165, 1.54) is 0 Å². The SMILES string of the molecule is C[C@H](OC1CCCCO1)c1nccn1Cc1cc(-c2ccc(C#Cc3ccc(COS(C)(=O)=O)nc3)cc2)on1. The predicted molar refractivity (Wildman–Crippen MR) is 146 cm³/mol. The average molecular weight is 563 g/mol. The second kappa shape index (κ2) is 12.6. The molecule has 1 aliphatic rings. The largest absolute Gasteiger partial charge is 0.356 e. The molecule has 0 spiro atoms. The first kappa shape index (κ1) is 27.7. The summed E-state index contributed by atoms with van der Waals surface area (Å²) in [4.78, 5) is 8.68. The minimum absolute atomic E-state index is 0.107. The summed E-state index contributed by atoms with van der Waals surface area (Å²) in [5.41, 5.74) is 3.70. The lowest BCUT2D eigenvalue weighted by Gasteiger charge is -2.26. The first-order chi connectivity index (χ1) is 19.3. The first-order valence-corrected chi connectivity index (χ1v) is 14.8. The quantitative estimate of drug-likeness (QED) is 0.215. The van der Waals surface area contributed by atoms with E-state index >= 15 is 0 Å². The number of pyridine rings is 1. The third kappa shape index (κ3) is 7.64. The second-order valence-electron chi connectivity index (χ2n) is 9.50. The molecule has 0 amide bonds. The summed E-state index contributed by atoms with van der Waals surface area (Å²) >= 11 is 0. The van der Waals surface area contributed by atoms with Gasteiger partial charge in [0.25, 0.3) is 10.1 Å². The number of ether oxygens (including phenoxy) is 2. The fraction of sp³-hybridized carbons (Fsp3) is 0.345. The molecule has 1 aliphatic heterocycles. The van der Waals surface area contributed by atoms with E-state index in [1.807, 2.05) is 48.0 Å². The fourth-order valence-corrected chi connectivity index (χ4v) is 4.57. The van der Waals surface area contributed by atoms with Gasteiger partial charge in [0.1, 0.15) is 24.2 Å². The van der Waals surface area contributed by atoms with E-state index in [4.69, 9.17) is 18.2 Å². The van der Waals surface area contributed by atoms with Crippen LogP contribution in [0.15, 0.2) is 65.6 Å². The van der Waals surface area contributed by atoms with Gasteiger partial charge in [-0.25, -0.2) is 4.98 Å². The summed E-state index contributed by atoms with van der Waals surface area (Å²) in [5, 5.41) is 4.25. The van der Waals surface area contributed by atoms with Crippen LogP contribution in [0.1, 0.15) is 60.6 Å². The topological polar surface area (TPSA) is 119 Å². The standard InChI is InChI=1S/C29H30N4O6S/c1-21(38-28-5-3-4-16-36-28)29-30-14-15-33(29)19-26-17-27(39-32-26)24-11-8-22(9-12-24)6-7-23-10-13-25(31-18-23)20-37-40(2,34)35/h8-15,17-18,21,28H,3-5,16,19-20H2,1-2H3/t21-,28?/m0/s1.